The monoisotopic (exact) mass is 465 g/mol. The van der Waals surface area contributed by atoms with Crippen molar-refractivity contribution in [2.24, 2.45) is 0 Å². The van der Waals surface area contributed by atoms with E-state index in [-0.39, 0.29) is 10.6 Å². The zero-order valence-electron chi connectivity index (χ0n) is 17.6. The lowest BCUT2D eigenvalue weighted by Gasteiger charge is -2.32. The minimum Gasteiger partial charge on any atom is -0.335 e. The third kappa shape index (κ3) is 4.00. The Labute approximate surface area is 183 Å². The van der Waals surface area contributed by atoms with Crippen LogP contribution in [0.2, 0.25) is 0 Å². The summed E-state index contributed by atoms with van der Waals surface area (Å²) in [6.07, 6.45) is -4.58. The maximum Gasteiger partial charge on any atom is 0.416 e. The van der Waals surface area contributed by atoms with Gasteiger partial charge < -0.3 is 9.80 Å². The number of piperazine rings is 1. The summed E-state index contributed by atoms with van der Waals surface area (Å²) in [4.78, 5) is 16.7. The molecule has 1 aliphatic rings. The molecule has 2 heterocycles. The minimum absolute atomic E-state index is 0.0324. The van der Waals surface area contributed by atoms with Gasteiger partial charge in [-0.25, -0.2) is 12.4 Å². The molecule has 1 saturated heterocycles. The molecular formula is C22H22F3N3O3S. The van der Waals surface area contributed by atoms with Crippen molar-refractivity contribution >= 4 is 26.8 Å². The predicted molar refractivity (Wildman–Crippen MR) is 114 cm³/mol. The van der Waals surface area contributed by atoms with Crippen LogP contribution >= 0.6 is 0 Å². The number of rotatable bonds is 3. The van der Waals surface area contributed by atoms with Crippen molar-refractivity contribution in [2.45, 2.75) is 18.0 Å². The first kappa shape index (κ1) is 22.3. The largest absolute Gasteiger partial charge is 0.416 e. The molecule has 32 heavy (non-hydrogen) atoms. The molecule has 4 rings (SSSR count). The van der Waals surface area contributed by atoms with Crippen LogP contribution in [0.4, 0.5) is 13.2 Å². The Hall–Kier alpha value is -2.85. The van der Waals surface area contributed by atoms with Gasteiger partial charge in [-0.2, -0.15) is 13.2 Å². The van der Waals surface area contributed by atoms with Crippen molar-refractivity contribution < 1.29 is 26.4 Å². The summed E-state index contributed by atoms with van der Waals surface area (Å²) in [5.74, 6) is -0.428. The first-order valence-electron chi connectivity index (χ1n) is 10.0. The molecule has 3 aromatic rings. The van der Waals surface area contributed by atoms with Crippen molar-refractivity contribution in [1.82, 2.24) is 13.8 Å². The van der Waals surface area contributed by atoms with Gasteiger partial charge in [-0.15, -0.1) is 0 Å². The second-order valence-corrected chi connectivity index (χ2v) is 9.77. The highest BCUT2D eigenvalue weighted by molar-refractivity contribution is 7.90. The van der Waals surface area contributed by atoms with E-state index in [2.05, 4.69) is 4.90 Å². The Morgan fingerprint density at radius 1 is 0.938 bits per heavy atom. The molecule has 6 nitrogen and oxygen atoms in total. The van der Waals surface area contributed by atoms with Crippen LogP contribution in [0.15, 0.2) is 53.4 Å². The predicted octanol–water partition coefficient (Wildman–Crippen LogP) is 3.59. The fourth-order valence-corrected chi connectivity index (χ4v) is 5.32. The molecule has 0 saturated carbocycles. The zero-order chi connectivity index (χ0) is 23.3. The van der Waals surface area contributed by atoms with E-state index in [1.54, 1.807) is 23.1 Å². The number of aryl methyl sites for hydroxylation is 1. The summed E-state index contributed by atoms with van der Waals surface area (Å²) in [6, 6.07) is 9.93. The van der Waals surface area contributed by atoms with E-state index in [0.717, 1.165) is 33.8 Å². The highest BCUT2D eigenvalue weighted by atomic mass is 32.2. The number of carbonyl (C=O) groups excluding carboxylic acids is 1. The third-order valence-corrected chi connectivity index (χ3v) is 7.38. The SMILES string of the molecule is Cc1ccc2c(c1)cc(C(=O)N1CCN(C)CC1)n2S(=O)(=O)c1ccc(C(F)(F)F)cc1. The molecule has 0 N–H and O–H groups in total. The van der Waals surface area contributed by atoms with Gasteiger partial charge in [0.1, 0.15) is 5.69 Å². The number of carbonyl (C=O) groups is 1. The van der Waals surface area contributed by atoms with Crippen molar-refractivity contribution in [3.8, 4) is 0 Å². The maximum atomic E-state index is 13.5. The summed E-state index contributed by atoms with van der Waals surface area (Å²) in [7, 11) is -2.39. The van der Waals surface area contributed by atoms with Gasteiger partial charge in [-0.05, 0) is 56.4 Å². The molecule has 0 spiro atoms. The number of benzene rings is 2. The molecule has 10 heteroatoms. The first-order chi connectivity index (χ1) is 15.0. The number of aromatic nitrogens is 1. The van der Waals surface area contributed by atoms with Gasteiger partial charge in [-0.3, -0.25) is 4.79 Å². The Morgan fingerprint density at radius 3 is 2.16 bits per heavy atom. The molecule has 2 aromatic carbocycles. The molecule has 1 amide bonds. The van der Waals surface area contributed by atoms with E-state index in [1.807, 2.05) is 14.0 Å². The number of hydrogen-bond donors (Lipinski definition) is 0. The normalized spacial score (nSPS) is 16.0. The number of likely N-dealkylation sites (N-methyl/N-ethyl adjacent to an activating group) is 1. The van der Waals surface area contributed by atoms with Crippen LogP contribution in [0.25, 0.3) is 10.9 Å². The fraction of sp³-hybridized carbons (Fsp3) is 0.318. The average molecular weight is 465 g/mol. The summed E-state index contributed by atoms with van der Waals surface area (Å²) in [5.41, 5.74) is 0.210. The molecule has 1 fully saturated rings. The van der Waals surface area contributed by atoms with E-state index < -0.39 is 27.7 Å². The summed E-state index contributed by atoms with van der Waals surface area (Å²) in [6.45, 7) is 4.09. The van der Waals surface area contributed by atoms with Gasteiger partial charge in [0.15, 0.2) is 0 Å². The molecule has 0 unspecified atom stereocenters. The Kier molecular flexibility index (Phi) is 5.54. The standard InChI is InChI=1S/C22H22F3N3O3S/c1-15-3-8-19-16(13-15)14-20(21(29)27-11-9-26(2)10-12-27)28(19)32(30,31)18-6-4-17(5-7-18)22(23,24)25/h3-8,13-14H,9-12H2,1-2H3. The van der Waals surface area contributed by atoms with Gasteiger partial charge in [0.2, 0.25) is 0 Å². The topological polar surface area (TPSA) is 62.6 Å². The summed E-state index contributed by atoms with van der Waals surface area (Å²) in [5, 5.41) is 0.568. The number of fused-ring (bicyclic) bond motifs is 1. The van der Waals surface area contributed by atoms with Crippen molar-refractivity contribution in [3.63, 3.8) is 0 Å². The quantitative estimate of drug-likeness (QED) is 0.593. The number of nitrogens with zero attached hydrogens (tertiary/aromatic N) is 3. The van der Waals surface area contributed by atoms with E-state index in [0.29, 0.717) is 37.1 Å². The zero-order valence-corrected chi connectivity index (χ0v) is 18.4. The van der Waals surface area contributed by atoms with Crippen molar-refractivity contribution in [2.75, 3.05) is 33.2 Å². The summed E-state index contributed by atoms with van der Waals surface area (Å²) < 4.78 is 66.8. The van der Waals surface area contributed by atoms with Crippen LogP contribution in [-0.2, 0) is 16.2 Å². The Bertz CT molecular complexity index is 1270. The highest BCUT2D eigenvalue weighted by Crippen LogP contribution is 2.32. The molecule has 1 aromatic heterocycles. The molecule has 1 aliphatic heterocycles. The highest BCUT2D eigenvalue weighted by Gasteiger charge is 2.33. The fourth-order valence-electron chi connectivity index (χ4n) is 3.81. The number of halogens is 3. The lowest BCUT2D eigenvalue weighted by Crippen LogP contribution is -2.47. The van der Waals surface area contributed by atoms with Crippen LogP contribution in [0.1, 0.15) is 21.6 Å². The van der Waals surface area contributed by atoms with E-state index in [9.17, 15) is 26.4 Å². The first-order valence-corrected chi connectivity index (χ1v) is 11.5. The molecule has 170 valence electrons. The van der Waals surface area contributed by atoms with Crippen LogP contribution < -0.4 is 0 Å². The smallest absolute Gasteiger partial charge is 0.335 e. The van der Waals surface area contributed by atoms with E-state index >= 15 is 0 Å². The van der Waals surface area contributed by atoms with E-state index in [4.69, 9.17) is 0 Å². The van der Waals surface area contributed by atoms with Gasteiger partial charge in [-0.1, -0.05) is 11.6 Å². The van der Waals surface area contributed by atoms with Gasteiger partial charge in [0, 0.05) is 31.6 Å². The Balaban J connectivity index is 1.85. The number of amides is 1. The van der Waals surface area contributed by atoms with Gasteiger partial charge in [0.25, 0.3) is 15.9 Å². The second-order valence-electron chi connectivity index (χ2n) is 7.98. The van der Waals surface area contributed by atoms with Crippen molar-refractivity contribution in [3.05, 3.63) is 65.4 Å². The third-order valence-electron chi connectivity index (χ3n) is 5.64. The van der Waals surface area contributed by atoms with Crippen LogP contribution in [0.3, 0.4) is 0 Å². The van der Waals surface area contributed by atoms with Crippen LogP contribution in [-0.4, -0.2) is 61.3 Å². The summed E-state index contributed by atoms with van der Waals surface area (Å²) >= 11 is 0. The Morgan fingerprint density at radius 2 is 1.56 bits per heavy atom. The van der Waals surface area contributed by atoms with E-state index in [1.165, 1.54) is 6.07 Å². The minimum atomic E-state index is -4.58. The lowest BCUT2D eigenvalue weighted by molar-refractivity contribution is -0.137. The molecule has 0 bridgehead atoms. The van der Waals surface area contributed by atoms with Gasteiger partial charge in [0.05, 0.1) is 16.0 Å². The average Bonchev–Trinajstić information content (AvgIpc) is 3.12. The lowest BCUT2D eigenvalue weighted by atomic mass is 10.2. The second kappa shape index (κ2) is 7.93. The van der Waals surface area contributed by atoms with Crippen molar-refractivity contribution in [1.29, 1.82) is 0 Å². The molecule has 0 atom stereocenters. The molecular weight excluding hydrogens is 443 g/mol. The van der Waals surface area contributed by atoms with Gasteiger partial charge >= 0.3 is 6.18 Å². The molecule has 0 aliphatic carbocycles. The number of hydrogen-bond acceptors (Lipinski definition) is 4. The van der Waals surface area contributed by atoms with Crippen LogP contribution in [0.5, 0.6) is 0 Å². The molecule has 0 radical (unpaired) electrons. The van der Waals surface area contributed by atoms with Crippen LogP contribution in [0, 0.1) is 6.92 Å². The maximum absolute atomic E-state index is 13.5. The number of alkyl halides is 3.